The van der Waals surface area contributed by atoms with Crippen LogP contribution in [0.25, 0.3) is 0 Å². The number of carbonyl (C=O) groups is 1. The van der Waals surface area contributed by atoms with Gasteiger partial charge in [-0.2, -0.15) is 0 Å². The lowest BCUT2D eigenvalue weighted by Crippen LogP contribution is -2.30. The van der Waals surface area contributed by atoms with Crippen LogP contribution in [0.4, 0.5) is 5.69 Å². The number of hydrogen-bond acceptors (Lipinski definition) is 4. The van der Waals surface area contributed by atoms with Gasteiger partial charge in [0, 0.05) is 18.0 Å². The van der Waals surface area contributed by atoms with Crippen molar-refractivity contribution in [3.63, 3.8) is 0 Å². The summed E-state index contributed by atoms with van der Waals surface area (Å²) in [6.45, 7) is 0. The number of aromatic nitrogens is 1. The molecule has 1 aromatic heterocycles. The van der Waals surface area contributed by atoms with Crippen LogP contribution in [0.3, 0.4) is 0 Å². The van der Waals surface area contributed by atoms with E-state index in [2.05, 4.69) is 10.3 Å². The molecule has 2 saturated heterocycles. The molecule has 3 atom stereocenters. The number of rotatable bonds is 4. The fraction of sp³-hybridized carbons (Fsp3) is 0.333. The number of fused-ring (bicyclic) bond motifs is 2. The first-order chi connectivity index (χ1) is 11.7. The van der Waals surface area contributed by atoms with Crippen LogP contribution >= 0.6 is 11.6 Å². The Morgan fingerprint density at radius 1 is 1.21 bits per heavy atom. The van der Waals surface area contributed by atoms with Gasteiger partial charge in [0.1, 0.15) is 5.75 Å². The first-order valence-electron chi connectivity index (χ1n) is 8.03. The number of carbonyl (C=O) groups excluding carboxylic acids is 1. The molecule has 1 amide bonds. The molecule has 0 saturated carbocycles. The van der Waals surface area contributed by atoms with Crippen LogP contribution in [0, 0.1) is 5.92 Å². The highest BCUT2D eigenvalue weighted by atomic mass is 35.5. The summed E-state index contributed by atoms with van der Waals surface area (Å²) in [7, 11) is 0. The van der Waals surface area contributed by atoms with Crippen molar-refractivity contribution in [3.8, 4) is 11.6 Å². The van der Waals surface area contributed by atoms with Crippen molar-refractivity contribution in [2.24, 2.45) is 5.92 Å². The van der Waals surface area contributed by atoms with Gasteiger partial charge in [-0.3, -0.25) is 4.79 Å². The number of pyridine rings is 1. The molecule has 124 valence electrons. The lowest BCUT2D eigenvalue weighted by molar-refractivity contribution is -0.121. The van der Waals surface area contributed by atoms with Crippen LogP contribution in [0.1, 0.15) is 19.3 Å². The number of nitrogens with one attached hydrogen (secondary N) is 1. The first-order valence-corrected chi connectivity index (χ1v) is 8.41. The van der Waals surface area contributed by atoms with Gasteiger partial charge in [-0.25, -0.2) is 4.98 Å². The van der Waals surface area contributed by atoms with Gasteiger partial charge in [0.2, 0.25) is 11.8 Å². The summed E-state index contributed by atoms with van der Waals surface area (Å²) in [6.07, 6.45) is 4.80. The molecule has 2 aliphatic rings. The molecule has 0 spiro atoms. The van der Waals surface area contributed by atoms with E-state index in [1.165, 1.54) is 6.20 Å². The van der Waals surface area contributed by atoms with E-state index in [4.69, 9.17) is 21.1 Å². The Balaban J connectivity index is 1.37. The molecule has 5 nitrogen and oxygen atoms in total. The van der Waals surface area contributed by atoms with Gasteiger partial charge in [0.15, 0.2) is 0 Å². The predicted octanol–water partition coefficient (Wildman–Crippen LogP) is 4.03. The minimum Gasteiger partial charge on any atom is -0.439 e. The molecule has 2 aromatic rings. The van der Waals surface area contributed by atoms with Gasteiger partial charge in [-0.15, -0.1) is 0 Å². The fourth-order valence-electron chi connectivity index (χ4n) is 3.30. The summed E-state index contributed by atoms with van der Waals surface area (Å²) in [5.41, 5.74) is 0.749. The maximum atomic E-state index is 12.4. The summed E-state index contributed by atoms with van der Waals surface area (Å²) in [5, 5.41) is 3.52. The largest absolute Gasteiger partial charge is 0.439 e. The van der Waals surface area contributed by atoms with Crippen LogP contribution in [0.2, 0.25) is 5.02 Å². The van der Waals surface area contributed by atoms with Crippen molar-refractivity contribution in [2.45, 2.75) is 31.5 Å². The number of ether oxygens (including phenoxy) is 2. The third-order valence-electron chi connectivity index (χ3n) is 4.49. The van der Waals surface area contributed by atoms with Gasteiger partial charge in [0.25, 0.3) is 0 Å². The van der Waals surface area contributed by atoms with Gasteiger partial charge in [-0.1, -0.05) is 11.6 Å². The van der Waals surface area contributed by atoms with Gasteiger partial charge in [-0.05, 0) is 49.6 Å². The molecule has 2 fully saturated rings. The number of halogens is 1. The molecule has 24 heavy (non-hydrogen) atoms. The van der Waals surface area contributed by atoms with E-state index in [0.717, 1.165) is 24.9 Å². The lowest BCUT2D eigenvalue weighted by Gasteiger charge is -2.18. The fourth-order valence-corrected chi connectivity index (χ4v) is 3.41. The molecule has 0 aliphatic carbocycles. The van der Waals surface area contributed by atoms with Crippen molar-refractivity contribution in [1.82, 2.24) is 4.98 Å². The maximum Gasteiger partial charge on any atom is 0.230 e. The topological polar surface area (TPSA) is 60.5 Å². The SMILES string of the molecule is O=C(Nc1ccc(Oc2ccc(Cl)cn2)cc1)C1CC2CCC1O2. The zero-order valence-electron chi connectivity index (χ0n) is 12.9. The molecular weight excluding hydrogens is 328 g/mol. The average molecular weight is 345 g/mol. The molecule has 1 aromatic carbocycles. The van der Waals surface area contributed by atoms with Crippen LogP contribution in [0.5, 0.6) is 11.6 Å². The third-order valence-corrected chi connectivity index (χ3v) is 4.71. The molecule has 3 heterocycles. The zero-order chi connectivity index (χ0) is 16.5. The highest BCUT2D eigenvalue weighted by molar-refractivity contribution is 6.30. The van der Waals surface area contributed by atoms with E-state index >= 15 is 0 Å². The van der Waals surface area contributed by atoms with Crippen molar-refractivity contribution >= 4 is 23.2 Å². The van der Waals surface area contributed by atoms with Crippen molar-refractivity contribution in [1.29, 1.82) is 0 Å². The summed E-state index contributed by atoms with van der Waals surface area (Å²) in [4.78, 5) is 16.4. The number of amides is 1. The van der Waals surface area contributed by atoms with Gasteiger partial charge in [0.05, 0.1) is 23.1 Å². The minimum absolute atomic E-state index is 0.0297. The smallest absolute Gasteiger partial charge is 0.230 e. The molecule has 0 radical (unpaired) electrons. The van der Waals surface area contributed by atoms with Crippen LogP contribution in [-0.2, 0) is 9.53 Å². The Labute approximate surface area is 144 Å². The molecule has 6 heteroatoms. The first kappa shape index (κ1) is 15.4. The summed E-state index contributed by atoms with van der Waals surface area (Å²) >= 11 is 5.79. The van der Waals surface area contributed by atoms with E-state index in [-0.39, 0.29) is 24.0 Å². The second kappa shape index (κ2) is 6.42. The quantitative estimate of drug-likeness (QED) is 0.909. The van der Waals surface area contributed by atoms with Crippen LogP contribution < -0.4 is 10.1 Å². The molecule has 2 aliphatic heterocycles. The number of hydrogen-bond donors (Lipinski definition) is 1. The molecule has 4 rings (SSSR count). The average Bonchev–Trinajstić information content (AvgIpc) is 3.22. The normalized spacial score (nSPS) is 24.8. The minimum atomic E-state index is -0.0297. The Morgan fingerprint density at radius 2 is 2.04 bits per heavy atom. The van der Waals surface area contributed by atoms with E-state index in [0.29, 0.717) is 16.7 Å². The Hall–Kier alpha value is -2.11. The summed E-state index contributed by atoms with van der Waals surface area (Å²) in [5.74, 6) is 1.12. The van der Waals surface area contributed by atoms with Crippen LogP contribution in [0.15, 0.2) is 42.6 Å². The van der Waals surface area contributed by atoms with Crippen molar-refractivity contribution < 1.29 is 14.3 Å². The lowest BCUT2D eigenvalue weighted by atomic mass is 9.88. The Kier molecular flexibility index (Phi) is 4.12. The van der Waals surface area contributed by atoms with E-state index in [1.54, 1.807) is 24.3 Å². The Morgan fingerprint density at radius 3 is 2.67 bits per heavy atom. The molecular formula is C18H17ClN2O3. The second-order valence-electron chi connectivity index (χ2n) is 6.15. The van der Waals surface area contributed by atoms with E-state index in [9.17, 15) is 4.79 Å². The molecule has 3 unspecified atom stereocenters. The standard InChI is InChI=1S/C18H17ClN2O3/c19-11-1-8-17(20-10-11)24-13-4-2-12(3-5-13)21-18(22)15-9-14-6-7-16(15)23-14/h1-5,8,10,14-16H,6-7,9H2,(H,21,22). The van der Waals surface area contributed by atoms with Gasteiger partial charge >= 0.3 is 0 Å². The third kappa shape index (κ3) is 3.23. The molecule has 1 N–H and O–H groups in total. The number of benzene rings is 1. The molecule has 2 bridgehead atoms. The second-order valence-corrected chi connectivity index (χ2v) is 6.58. The highest BCUT2D eigenvalue weighted by Crippen LogP contribution is 2.39. The van der Waals surface area contributed by atoms with Crippen molar-refractivity contribution in [3.05, 3.63) is 47.6 Å². The van der Waals surface area contributed by atoms with Crippen molar-refractivity contribution in [2.75, 3.05) is 5.32 Å². The van der Waals surface area contributed by atoms with Crippen LogP contribution in [-0.4, -0.2) is 23.1 Å². The Bertz CT molecular complexity index is 733. The van der Waals surface area contributed by atoms with E-state index < -0.39 is 0 Å². The highest BCUT2D eigenvalue weighted by Gasteiger charge is 2.44. The zero-order valence-corrected chi connectivity index (χ0v) is 13.7. The predicted molar refractivity (Wildman–Crippen MR) is 90.4 cm³/mol. The summed E-state index contributed by atoms with van der Waals surface area (Å²) < 4.78 is 11.4. The summed E-state index contributed by atoms with van der Waals surface area (Å²) in [6, 6.07) is 10.6. The van der Waals surface area contributed by atoms with E-state index in [1.807, 2.05) is 12.1 Å². The van der Waals surface area contributed by atoms with Gasteiger partial charge < -0.3 is 14.8 Å². The number of nitrogens with zero attached hydrogens (tertiary/aromatic N) is 1. The monoisotopic (exact) mass is 344 g/mol. The number of anilines is 1. The maximum absolute atomic E-state index is 12.4.